The summed E-state index contributed by atoms with van der Waals surface area (Å²) in [5.41, 5.74) is -1.31. The van der Waals surface area contributed by atoms with Gasteiger partial charge in [0.1, 0.15) is 24.8 Å². The van der Waals surface area contributed by atoms with Gasteiger partial charge in [-0.05, 0) is 49.4 Å². The van der Waals surface area contributed by atoms with Crippen molar-refractivity contribution < 1.29 is 23.4 Å². The van der Waals surface area contributed by atoms with E-state index in [-0.39, 0.29) is 23.4 Å². The molecule has 0 bridgehead atoms. The van der Waals surface area contributed by atoms with E-state index in [0.29, 0.717) is 5.75 Å². The molecule has 130 valence electrons. The van der Waals surface area contributed by atoms with Crippen LogP contribution in [0.15, 0.2) is 42.5 Å². The number of nitriles is 1. The first-order valence-corrected chi connectivity index (χ1v) is 7.37. The zero-order chi connectivity index (χ0) is 18.4. The molecule has 0 aliphatic carbocycles. The monoisotopic (exact) mass is 346 g/mol. The van der Waals surface area contributed by atoms with E-state index in [0.717, 1.165) is 0 Å². The van der Waals surface area contributed by atoms with Crippen LogP contribution in [0.4, 0.5) is 14.5 Å². The van der Waals surface area contributed by atoms with Crippen molar-refractivity contribution in [3.63, 3.8) is 0 Å². The van der Waals surface area contributed by atoms with Crippen LogP contribution in [0.1, 0.15) is 18.1 Å². The SMILES string of the molecule is C[C@](O)(COc1ccc(F)cc1)C(=O)Nc1ccc(C#N)c(CF)c1. The molecule has 0 radical (unpaired) electrons. The first-order chi connectivity index (χ1) is 11.9. The van der Waals surface area contributed by atoms with Crippen LogP contribution in [-0.4, -0.2) is 23.2 Å². The lowest BCUT2D eigenvalue weighted by atomic mass is 10.1. The summed E-state index contributed by atoms with van der Waals surface area (Å²) >= 11 is 0. The molecule has 0 aliphatic rings. The van der Waals surface area contributed by atoms with Crippen LogP contribution >= 0.6 is 0 Å². The maximum Gasteiger partial charge on any atom is 0.259 e. The molecule has 1 atom stereocenters. The van der Waals surface area contributed by atoms with Gasteiger partial charge < -0.3 is 15.2 Å². The number of halogens is 2. The van der Waals surface area contributed by atoms with Crippen molar-refractivity contribution in [3.05, 3.63) is 59.4 Å². The Morgan fingerprint density at radius 2 is 2.00 bits per heavy atom. The highest BCUT2D eigenvalue weighted by Crippen LogP contribution is 2.19. The van der Waals surface area contributed by atoms with Crippen LogP contribution in [-0.2, 0) is 11.5 Å². The molecule has 25 heavy (non-hydrogen) atoms. The van der Waals surface area contributed by atoms with Crippen molar-refractivity contribution >= 4 is 11.6 Å². The number of hydrogen-bond donors (Lipinski definition) is 2. The van der Waals surface area contributed by atoms with E-state index >= 15 is 0 Å². The standard InChI is InChI=1S/C18H16F2N2O3/c1-18(24,11-25-16-6-3-14(20)4-7-16)17(23)22-15-5-2-12(10-21)13(8-15)9-19/h2-8,24H,9,11H2,1H3,(H,22,23)/t18-/m0/s1. The van der Waals surface area contributed by atoms with Gasteiger partial charge in [0.15, 0.2) is 5.60 Å². The molecule has 0 aromatic heterocycles. The lowest BCUT2D eigenvalue weighted by Gasteiger charge is -2.22. The zero-order valence-corrected chi connectivity index (χ0v) is 13.4. The van der Waals surface area contributed by atoms with Gasteiger partial charge in [-0.1, -0.05) is 0 Å². The second-order valence-corrected chi connectivity index (χ2v) is 5.59. The Hall–Kier alpha value is -2.98. The number of anilines is 1. The second-order valence-electron chi connectivity index (χ2n) is 5.59. The summed E-state index contributed by atoms with van der Waals surface area (Å²) in [6.45, 7) is 0.0406. The highest BCUT2D eigenvalue weighted by atomic mass is 19.1. The number of alkyl halides is 1. The van der Waals surface area contributed by atoms with E-state index < -0.39 is 24.0 Å². The van der Waals surface area contributed by atoms with E-state index in [1.165, 1.54) is 49.4 Å². The molecule has 7 heteroatoms. The minimum Gasteiger partial charge on any atom is -0.490 e. The number of amides is 1. The number of carbonyl (C=O) groups excluding carboxylic acids is 1. The molecule has 2 aromatic carbocycles. The van der Waals surface area contributed by atoms with Crippen molar-refractivity contribution in [2.24, 2.45) is 0 Å². The Morgan fingerprint density at radius 1 is 1.32 bits per heavy atom. The third kappa shape index (κ3) is 4.75. The maximum absolute atomic E-state index is 12.9. The fraction of sp³-hybridized carbons (Fsp3) is 0.222. The summed E-state index contributed by atoms with van der Waals surface area (Å²) in [6, 6.07) is 11.1. The number of benzene rings is 2. The van der Waals surface area contributed by atoms with Gasteiger partial charge in [-0.15, -0.1) is 0 Å². The summed E-state index contributed by atoms with van der Waals surface area (Å²) < 4.78 is 31.0. The van der Waals surface area contributed by atoms with Crippen LogP contribution < -0.4 is 10.1 Å². The molecular formula is C18H16F2N2O3. The Morgan fingerprint density at radius 3 is 2.60 bits per heavy atom. The number of hydrogen-bond acceptors (Lipinski definition) is 4. The summed E-state index contributed by atoms with van der Waals surface area (Å²) in [5, 5.41) is 21.6. The molecule has 0 heterocycles. The predicted molar refractivity (Wildman–Crippen MR) is 87.1 cm³/mol. The summed E-state index contributed by atoms with van der Waals surface area (Å²) in [6.07, 6.45) is 0. The number of aliphatic hydroxyl groups is 1. The molecule has 1 amide bonds. The van der Waals surface area contributed by atoms with Gasteiger partial charge in [0.05, 0.1) is 11.6 Å². The van der Waals surface area contributed by atoms with Crippen LogP contribution in [0, 0.1) is 17.1 Å². The summed E-state index contributed by atoms with van der Waals surface area (Å²) in [4.78, 5) is 12.2. The molecule has 0 spiro atoms. The molecule has 0 saturated carbocycles. The van der Waals surface area contributed by atoms with Crippen molar-refractivity contribution in [1.29, 1.82) is 5.26 Å². The van der Waals surface area contributed by atoms with Gasteiger partial charge in [0.25, 0.3) is 5.91 Å². The van der Waals surface area contributed by atoms with Gasteiger partial charge >= 0.3 is 0 Å². The van der Waals surface area contributed by atoms with E-state index in [1.807, 2.05) is 6.07 Å². The molecule has 0 saturated heterocycles. The average molecular weight is 346 g/mol. The zero-order valence-electron chi connectivity index (χ0n) is 13.4. The van der Waals surface area contributed by atoms with E-state index in [1.54, 1.807) is 0 Å². The molecule has 2 rings (SSSR count). The number of nitrogens with one attached hydrogen (secondary N) is 1. The number of ether oxygens (including phenoxy) is 1. The fourth-order valence-electron chi connectivity index (χ4n) is 1.98. The van der Waals surface area contributed by atoms with E-state index in [9.17, 15) is 18.7 Å². The fourth-order valence-corrected chi connectivity index (χ4v) is 1.98. The maximum atomic E-state index is 12.9. The Labute approximate surface area is 143 Å². The lowest BCUT2D eigenvalue weighted by molar-refractivity contribution is -0.135. The van der Waals surface area contributed by atoms with Gasteiger partial charge in [0, 0.05) is 11.3 Å². The smallest absolute Gasteiger partial charge is 0.259 e. The Balaban J connectivity index is 2.03. The van der Waals surface area contributed by atoms with Crippen molar-refractivity contribution in [3.8, 4) is 11.8 Å². The van der Waals surface area contributed by atoms with E-state index in [4.69, 9.17) is 10.00 Å². The molecule has 5 nitrogen and oxygen atoms in total. The highest BCUT2D eigenvalue weighted by Gasteiger charge is 2.31. The topological polar surface area (TPSA) is 82.3 Å². The van der Waals surface area contributed by atoms with Crippen LogP contribution in [0.3, 0.4) is 0 Å². The minimum absolute atomic E-state index is 0.141. The van der Waals surface area contributed by atoms with Crippen LogP contribution in [0.25, 0.3) is 0 Å². The van der Waals surface area contributed by atoms with Gasteiger partial charge in [0.2, 0.25) is 0 Å². The first kappa shape index (κ1) is 18.4. The quantitative estimate of drug-likeness (QED) is 0.842. The molecule has 0 fully saturated rings. The second kappa shape index (κ2) is 7.73. The molecular weight excluding hydrogens is 330 g/mol. The molecule has 0 aliphatic heterocycles. The largest absolute Gasteiger partial charge is 0.490 e. The van der Waals surface area contributed by atoms with Crippen molar-refractivity contribution in [2.75, 3.05) is 11.9 Å². The lowest BCUT2D eigenvalue weighted by Crippen LogP contribution is -2.45. The third-order valence-corrected chi connectivity index (χ3v) is 3.45. The first-order valence-electron chi connectivity index (χ1n) is 7.37. The van der Waals surface area contributed by atoms with Crippen LogP contribution in [0.2, 0.25) is 0 Å². The van der Waals surface area contributed by atoms with E-state index in [2.05, 4.69) is 5.32 Å². The van der Waals surface area contributed by atoms with Crippen molar-refractivity contribution in [1.82, 2.24) is 0 Å². The average Bonchev–Trinajstić information content (AvgIpc) is 2.61. The summed E-state index contributed by atoms with van der Waals surface area (Å²) in [7, 11) is 0. The normalized spacial score (nSPS) is 12.8. The Bertz CT molecular complexity index is 799. The third-order valence-electron chi connectivity index (χ3n) is 3.45. The number of nitrogens with zero attached hydrogens (tertiary/aromatic N) is 1. The minimum atomic E-state index is -1.88. The summed E-state index contributed by atoms with van der Waals surface area (Å²) in [5.74, 6) is -0.891. The van der Waals surface area contributed by atoms with Gasteiger partial charge in [-0.2, -0.15) is 5.26 Å². The molecule has 0 unspecified atom stereocenters. The van der Waals surface area contributed by atoms with Crippen LogP contribution in [0.5, 0.6) is 5.75 Å². The Kier molecular flexibility index (Phi) is 5.67. The molecule has 2 aromatic rings. The highest BCUT2D eigenvalue weighted by molar-refractivity contribution is 5.97. The predicted octanol–water partition coefficient (Wildman–Crippen LogP) is 2.94. The van der Waals surface area contributed by atoms with Gasteiger partial charge in [-0.25, -0.2) is 8.78 Å². The molecule has 2 N–H and O–H groups in total. The van der Waals surface area contributed by atoms with Crippen molar-refractivity contribution in [2.45, 2.75) is 19.2 Å². The van der Waals surface area contributed by atoms with Gasteiger partial charge in [-0.3, -0.25) is 4.79 Å². The number of rotatable bonds is 6. The number of carbonyl (C=O) groups is 1.